The standard InChI is InChI=1S/C11H11N3O2/c1-14-11-8(4-3-7-12-11)9(13-14)5-6-10(15)16-2/h3-7H,1-2H3/b6-5+. The zero-order valence-corrected chi connectivity index (χ0v) is 9.04. The molecular weight excluding hydrogens is 206 g/mol. The fraction of sp³-hybridized carbons (Fsp3) is 0.182. The highest BCUT2D eigenvalue weighted by atomic mass is 16.5. The van der Waals surface area contributed by atoms with Crippen molar-refractivity contribution in [3.63, 3.8) is 0 Å². The third-order valence-corrected chi connectivity index (χ3v) is 2.21. The number of ether oxygens (including phenoxy) is 1. The van der Waals surface area contributed by atoms with Gasteiger partial charge < -0.3 is 4.74 Å². The molecule has 0 saturated heterocycles. The lowest BCUT2D eigenvalue weighted by molar-refractivity contribution is -0.134. The van der Waals surface area contributed by atoms with E-state index in [0.29, 0.717) is 5.69 Å². The summed E-state index contributed by atoms with van der Waals surface area (Å²) in [5, 5.41) is 5.16. The molecule has 0 spiro atoms. The molecule has 0 aliphatic heterocycles. The van der Waals surface area contributed by atoms with Gasteiger partial charge in [0.2, 0.25) is 0 Å². The van der Waals surface area contributed by atoms with Crippen LogP contribution in [0.2, 0.25) is 0 Å². The maximum absolute atomic E-state index is 11.0. The van der Waals surface area contributed by atoms with Gasteiger partial charge in [-0.1, -0.05) is 0 Å². The Kier molecular flexibility index (Phi) is 2.68. The first-order valence-corrected chi connectivity index (χ1v) is 4.76. The van der Waals surface area contributed by atoms with E-state index in [2.05, 4.69) is 14.8 Å². The van der Waals surface area contributed by atoms with Crippen LogP contribution in [0.4, 0.5) is 0 Å². The number of aromatic nitrogens is 3. The zero-order chi connectivity index (χ0) is 11.5. The van der Waals surface area contributed by atoms with Gasteiger partial charge in [0.1, 0.15) is 0 Å². The first-order chi connectivity index (χ1) is 7.72. The second-order valence-corrected chi connectivity index (χ2v) is 3.24. The first kappa shape index (κ1) is 10.4. The van der Waals surface area contributed by atoms with Gasteiger partial charge in [0, 0.05) is 24.7 Å². The topological polar surface area (TPSA) is 57.0 Å². The molecule has 5 heteroatoms. The van der Waals surface area contributed by atoms with Crippen LogP contribution in [0.15, 0.2) is 24.4 Å². The van der Waals surface area contributed by atoms with Crippen molar-refractivity contribution in [2.24, 2.45) is 7.05 Å². The third kappa shape index (κ3) is 1.79. The number of nitrogens with zero attached hydrogens (tertiary/aromatic N) is 3. The second kappa shape index (κ2) is 4.14. The van der Waals surface area contributed by atoms with Gasteiger partial charge in [-0.15, -0.1) is 0 Å². The summed E-state index contributed by atoms with van der Waals surface area (Å²) < 4.78 is 6.19. The second-order valence-electron chi connectivity index (χ2n) is 3.24. The molecule has 0 aliphatic rings. The molecule has 16 heavy (non-hydrogen) atoms. The van der Waals surface area contributed by atoms with Crippen molar-refractivity contribution in [2.45, 2.75) is 0 Å². The van der Waals surface area contributed by atoms with Crippen LogP contribution in [0.5, 0.6) is 0 Å². The van der Waals surface area contributed by atoms with E-state index in [1.807, 2.05) is 19.2 Å². The lowest BCUT2D eigenvalue weighted by Gasteiger charge is -1.89. The molecule has 0 fully saturated rings. The highest BCUT2D eigenvalue weighted by Gasteiger charge is 2.06. The molecule has 2 aromatic rings. The van der Waals surface area contributed by atoms with Crippen LogP contribution >= 0.6 is 0 Å². The Balaban J connectivity index is 2.46. The average Bonchev–Trinajstić information content (AvgIpc) is 2.64. The van der Waals surface area contributed by atoms with Crippen molar-refractivity contribution in [1.82, 2.24) is 14.8 Å². The minimum Gasteiger partial charge on any atom is -0.466 e. The van der Waals surface area contributed by atoms with E-state index in [1.165, 1.54) is 13.2 Å². The molecule has 2 heterocycles. The molecule has 2 rings (SSSR count). The number of carbonyl (C=O) groups excluding carboxylic acids is 1. The van der Waals surface area contributed by atoms with Gasteiger partial charge in [0.25, 0.3) is 0 Å². The smallest absolute Gasteiger partial charge is 0.330 e. The van der Waals surface area contributed by atoms with Crippen molar-refractivity contribution in [3.8, 4) is 0 Å². The Bertz CT molecular complexity index is 557. The van der Waals surface area contributed by atoms with E-state index in [1.54, 1.807) is 17.0 Å². The predicted molar refractivity (Wildman–Crippen MR) is 59.6 cm³/mol. The highest BCUT2D eigenvalue weighted by molar-refractivity contribution is 5.91. The predicted octanol–water partition coefficient (Wildman–Crippen LogP) is 1.15. The third-order valence-electron chi connectivity index (χ3n) is 2.21. The molecule has 0 aromatic carbocycles. The number of aryl methyl sites for hydroxylation is 1. The Morgan fingerprint density at radius 1 is 1.56 bits per heavy atom. The van der Waals surface area contributed by atoms with Crippen LogP contribution in [0.1, 0.15) is 5.69 Å². The number of hydrogen-bond donors (Lipinski definition) is 0. The summed E-state index contributed by atoms with van der Waals surface area (Å²) in [6.07, 6.45) is 4.67. The summed E-state index contributed by atoms with van der Waals surface area (Å²) in [5.41, 5.74) is 1.49. The van der Waals surface area contributed by atoms with Gasteiger partial charge in [-0.3, -0.25) is 0 Å². The van der Waals surface area contributed by atoms with Crippen LogP contribution in [0.25, 0.3) is 17.1 Å². The quantitative estimate of drug-likeness (QED) is 0.559. The van der Waals surface area contributed by atoms with E-state index in [4.69, 9.17) is 0 Å². The van der Waals surface area contributed by atoms with Gasteiger partial charge in [-0.05, 0) is 18.2 Å². The van der Waals surface area contributed by atoms with Gasteiger partial charge in [-0.25, -0.2) is 14.5 Å². The van der Waals surface area contributed by atoms with Gasteiger partial charge in [0.05, 0.1) is 12.8 Å². The molecule has 0 bridgehead atoms. The lowest BCUT2D eigenvalue weighted by Crippen LogP contribution is -1.94. The fourth-order valence-electron chi connectivity index (χ4n) is 1.46. The first-order valence-electron chi connectivity index (χ1n) is 4.76. The molecule has 0 N–H and O–H groups in total. The number of fused-ring (bicyclic) bond motifs is 1. The maximum Gasteiger partial charge on any atom is 0.330 e. The van der Waals surface area contributed by atoms with Crippen LogP contribution in [-0.2, 0) is 16.6 Å². The Morgan fingerprint density at radius 3 is 3.12 bits per heavy atom. The molecule has 0 saturated carbocycles. The normalized spacial score (nSPS) is 11.1. The molecule has 2 aromatic heterocycles. The fourth-order valence-corrected chi connectivity index (χ4v) is 1.46. The molecule has 5 nitrogen and oxygen atoms in total. The number of pyridine rings is 1. The van der Waals surface area contributed by atoms with E-state index in [0.717, 1.165) is 11.0 Å². The van der Waals surface area contributed by atoms with Crippen LogP contribution < -0.4 is 0 Å². The molecular formula is C11H11N3O2. The Morgan fingerprint density at radius 2 is 2.38 bits per heavy atom. The van der Waals surface area contributed by atoms with E-state index < -0.39 is 5.97 Å². The molecule has 0 radical (unpaired) electrons. The highest BCUT2D eigenvalue weighted by Crippen LogP contribution is 2.16. The van der Waals surface area contributed by atoms with Crippen LogP contribution in [0, 0.1) is 0 Å². The minimum absolute atomic E-state index is 0.400. The molecule has 0 atom stereocenters. The molecule has 82 valence electrons. The number of hydrogen-bond acceptors (Lipinski definition) is 4. The largest absolute Gasteiger partial charge is 0.466 e. The molecule has 0 aliphatic carbocycles. The average molecular weight is 217 g/mol. The van der Waals surface area contributed by atoms with E-state index in [-0.39, 0.29) is 0 Å². The number of esters is 1. The van der Waals surface area contributed by atoms with Crippen molar-refractivity contribution in [2.75, 3.05) is 7.11 Å². The summed E-state index contributed by atoms with van der Waals surface area (Å²) in [5.74, 6) is -0.400. The van der Waals surface area contributed by atoms with Gasteiger partial charge in [-0.2, -0.15) is 5.10 Å². The summed E-state index contributed by atoms with van der Waals surface area (Å²) in [7, 11) is 3.15. The van der Waals surface area contributed by atoms with Crippen molar-refractivity contribution in [3.05, 3.63) is 30.1 Å². The SMILES string of the molecule is COC(=O)/C=C/c1nn(C)c2ncccc12. The van der Waals surface area contributed by atoms with E-state index >= 15 is 0 Å². The summed E-state index contributed by atoms with van der Waals surface area (Å²) >= 11 is 0. The molecule has 0 amide bonds. The van der Waals surface area contributed by atoms with E-state index in [9.17, 15) is 4.79 Å². The van der Waals surface area contributed by atoms with Crippen LogP contribution in [-0.4, -0.2) is 27.8 Å². The van der Waals surface area contributed by atoms with Crippen molar-refractivity contribution >= 4 is 23.1 Å². The van der Waals surface area contributed by atoms with Gasteiger partial charge >= 0.3 is 5.97 Å². The number of methoxy groups -OCH3 is 1. The zero-order valence-electron chi connectivity index (χ0n) is 9.04. The van der Waals surface area contributed by atoms with Gasteiger partial charge in [0.15, 0.2) is 5.65 Å². The lowest BCUT2D eigenvalue weighted by atomic mass is 10.2. The van der Waals surface area contributed by atoms with Crippen LogP contribution in [0.3, 0.4) is 0 Å². The number of carbonyl (C=O) groups is 1. The Hall–Kier alpha value is -2.17. The number of rotatable bonds is 2. The Labute approximate surface area is 92.4 Å². The minimum atomic E-state index is -0.400. The molecule has 0 unspecified atom stereocenters. The van der Waals surface area contributed by atoms with Crippen molar-refractivity contribution < 1.29 is 9.53 Å². The summed E-state index contributed by atoms with van der Waals surface area (Å²) in [6, 6.07) is 3.74. The van der Waals surface area contributed by atoms with Crippen molar-refractivity contribution in [1.29, 1.82) is 0 Å². The monoisotopic (exact) mass is 217 g/mol. The maximum atomic E-state index is 11.0. The summed E-state index contributed by atoms with van der Waals surface area (Å²) in [4.78, 5) is 15.2. The summed E-state index contributed by atoms with van der Waals surface area (Å²) in [6.45, 7) is 0.